The van der Waals surface area contributed by atoms with Crippen LogP contribution in [0.1, 0.15) is 5.56 Å². The van der Waals surface area contributed by atoms with Gasteiger partial charge in [-0.3, -0.25) is 9.59 Å². The molecule has 24 heavy (non-hydrogen) atoms. The molecule has 3 N–H and O–H groups in total. The van der Waals surface area contributed by atoms with Crippen molar-refractivity contribution in [1.82, 2.24) is 5.43 Å². The number of phenolic OH excluding ortho intramolecular Hbond substituents is 1. The number of nitrogens with one attached hydrogen (secondary N) is 2. The minimum Gasteiger partial charge on any atom is -0.504 e. The number of rotatable bonds is 4. The van der Waals surface area contributed by atoms with Gasteiger partial charge in [-0.1, -0.05) is 23.7 Å². The van der Waals surface area contributed by atoms with Crippen molar-refractivity contribution in [3.63, 3.8) is 0 Å². The van der Waals surface area contributed by atoms with Gasteiger partial charge in [-0.15, -0.1) is 0 Å². The number of para-hydroxylation sites is 1. The van der Waals surface area contributed by atoms with Gasteiger partial charge < -0.3 is 15.2 Å². The van der Waals surface area contributed by atoms with E-state index < -0.39 is 11.8 Å². The summed E-state index contributed by atoms with van der Waals surface area (Å²) in [6.45, 7) is 0. The van der Waals surface area contributed by atoms with Gasteiger partial charge >= 0.3 is 11.8 Å². The second-order valence-electron chi connectivity index (χ2n) is 4.56. The van der Waals surface area contributed by atoms with Crippen molar-refractivity contribution >= 4 is 35.3 Å². The maximum absolute atomic E-state index is 11.7. The Kier molecular flexibility index (Phi) is 5.75. The molecular formula is C16H14ClN3O4. The molecule has 0 unspecified atom stereocenters. The lowest BCUT2D eigenvalue weighted by atomic mass is 10.2. The molecule has 0 spiro atoms. The number of carbonyl (C=O) groups is 2. The third-order valence-electron chi connectivity index (χ3n) is 2.91. The molecule has 124 valence electrons. The van der Waals surface area contributed by atoms with Crippen LogP contribution in [0.15, 0.2) is 47.6 Å². The van der Waals surface area contributed by atoms with Crippen LogP contribution in [-0.4, -0.2) is 30.2 Å². The van der Waals surface area contributed by atoms with Crippen LogP contribution in [0.3, 0.4) is 0 Å². The summed E-state index contributed by atoms with van der Waals surface area (Å²) in [6.07, 6.45) is 1.31. The zero-order valence-electron chi connectivity index (χ0n) is 12.6. The highest BCUT2D eigenvalue weighted by Crippen LogP contribution is 2.25. The molecule has 0 radical (unpaired) electrons. The highest BCUT2D eigenvalue weighted by molar-refractivity contribution is 6.41. The second kappa shape index (κ2) is 7.98. The van der Waals surface area contributed by atoms with Crippen LogP contribution in [0, 0.1) is 0 Å². The summed E-state index contributed by atoms with van der Waals surface area (Å²) in [5, 5.41) is 15.8. The molecule has 2 aromatic carbocycles. The Morgan fingerprint density at radius 3 is 2.67 bits per heavy atom. The smallest absolute Gasteiger partial charge is 0.329 e. The number of aromatic hydroxyl groups is 1. The molecule has 0 aromatic heterocycles. The Hall–Kier alpha value is -3.06. The fourth-order valence-electron chi connectivity index (χ4n) is 1.73. The Balaban J connectivity index is 1.95. The highest BCUT2D eigenvalue weighted by Gasteiger charge is 2.14. The molecule has 7 nitrogen and oxygen atoms in total. The lowest BCUT2D eigenvalue weighted by Crippen LogP contribution is -2.32. The fourth-order valence-corrected chi connectivity index (χ4v) is 1.92. The molecule has 0 bridgehead atoms. The summed E-state index contributed by atoms with van der Waals surface area (Å²) in [6, 6.07) is 11.0. The molecule has 2 aromatic rings. The predicted octanol–water partition coefficient (Wildman–Crippen LogP) is 2.14. The molecule has 0 fully saturated rings. The van der Waals surface area contributed by atoms with Crippen LogP contribution in [0.4, 0.5) is 5.69 Å². The molecule has 0 saturated heterocycles. The standard InChI is InChI=1S/C16H14ClN3O4/c1-24-14-8-10(6-7-13(14)21)9-18-20-16(23)15(22)19-12-5-3-2-4-11(12)17/h2-9,21H,1H3,(H,19,22)(H,20,23)/b18-9-. The number of hydrazone groups is 1. The van der Waals surface area contributed by atoms with Crippen molar-refractivity contribution in [3.05, 3.63) is 53.1 Å². The average molecular weight is 348 g/mol. The Bertz CT molecular complexity index is 793. The van der Waals surface area contributed by atoms with Gasteiger partial charge in [0.15, 0.2) is 11.5 Å². The molecule has 0 aliphatic carbocycles. The molecule has 0 atom stereocenters. The van der Waals surface area contributed by atoms with Gasteiger partial charge in [0, 0.05) is 0 Å². The van der Waals surface area contributed by atoms with E-state index in [1.54, 1.807) is 30.3 Å². The van der Waals surface area contributed by atoms with Gasteiger partial charge in [0.1, 0.15) is 0 Å². The third kappa shape index (κ3) is 4.47. The summed E-state index contributed by atoms with van der Waals surface area (Å²) in [7, 11) is 1.41. The van der Waals surface area contributed by atoms with Crippen LogP contribution in [-0.2, 0) is 9.59 Å². The lowest BCUT2D eigenvalue weighted by Gasteiger charge is -2.05. The maximum atomic E-state index is 11.7. The number of benzene rings is 2. The lowest BCUT2D eigenvalue weighted by molar-refractivity contribution is -0.136. The zero-order chi connectivity index (χ0) is 17.5. The maximum Gasteiger partial charge on any atom is 0.329 e. The van der Waals surface area contributed by atoms with Crippen molar-refractivity contribution in [2.45, 2.75) is 0 Å². The van der Waals surface area contributed by atoms with Crippen molar-refractivity contribution in [1.29, 1.82) is 0 Å². The van der Waals surface area contributed by atoms with Crippen molar-refractivity contribution < 1.29 is 19.4 Å². The van der Waals surface area contributed by atoms with Crippen LogP contribution in [0.25, 0.3) is 0 Å². The molecule has 2 rings (SSSR count). The normalized spacial score (nSPS) is 10.4. The average Bonchev–Trinajstić information content (AvgIpc) is 2.58. The molecule has 0 aliphatic heterocycles. The fraction of sp³-hybridized carbons (Fsp3) is 0.0625. The van der Waals surface area contributed by atoms with E-state index in [1.165, 1.54) is 25.5 Å². The highest BCUT2D eigenvalue weighted by atomic mass is 35.5. The van der Waals surface area contributed by atoms with E-state index in [4.69, 9.17) is 16.3 Å². The van der Waals surface area contributed by atoms with E-state index in [0.717, 1.165) is 0 Å². The predicted molar refractivity (Wildman–Crippen MR) is 90.5 cm³/mol. The summed E-state index contributed by atoms with van der Waals surface area (Å²) in [5.74, 6) is -1.60. The van der Waals surface area contributed by atoms with Crippen LogP contribution in [0.5, 0.6) is 11.5 Å². The van der Waals surface area contributed by atoms with Gasteiger partial charge in [0.25, 0.3) is 0 Å². The van der Waals surface area contributed by atoms with Gasteiger partial charge in [-0.25, -0.2) is 5.43 Å². The molecule has 8 heteroatoms. The van der Waals surface area contributed by atoms with Crippen molar-refractivity contribution in [2.75, 3.05) is 12.4 Å². The van der Waals surface area contributed by atoms with Crippen molar-refractivity contribution in [2.24, 2.45) is 5.10 Å². The third-order valence-corrected chi connectivity index (χ3v) is 3.24. The quantitative estimate of drug-likeness (QED) is 0.448. The SMILES string of the molecule is COc1cc(/C=N\NC(=O)C(=O)Nc2ccccc2Cl)ccc1O. The number of hydrogen-bond donors (Lipinski definition) is 3. The number of nitrogens with zero attached hydrogens (tertiary/aromatic N) is 1. The van der Waals surface area contributed by atoms with E-state index in [1.807, 2.05) is 0 Å². The van der Waals surface area contributed by atoms with E-state index >= 15 is 0 Å². The number of amides is 2. The summed E-state index contributed by atoms with van der Waals surface area (Å²) in [5.41, 5.74) is 2.99. The Labute approximate surface area is 142 Å². The Morgan fingerprint density at radius 1 is 1.21 bits per heavy atom. The van der Waals surface area contributed by atoms with Gasteiger partial charge in [-0.2, -0.15) is 5.10 Å². The molecule has 0 saturated carbocycles. The van der Waals surface area contributed by atoms with E-state index in [-0.39, 0.29) is 11.5 Å². The molecule has 2 amide bonds. The summed E-state index contributed by atoms with van der Waals surface area (Å²) in [4.78, 5) is 23.4. The number of anilines is 1. The number of carbonyl (C=O) groups excluding carboxylic acids is 2. The molecular weight excluding hydrogens is 334 g/mol. The van der Waals surface area contributed by atoms with Crippen LogP contribution >= 0.6 is 11.6 Å². The van der Waals surface area contributed by atoms with Gasteiger partial charge in [0.05, 0.1) is 24.0 Å². The van der Waals surface area contributed by atoms with Gasteiger partial charge in [0.2, 0.25) is 0 Å². The Morgan fingerprint density at radius 2 is 1.96 bits per heavy atom. The largest absolute Gasteiger partial charge is 0.504 e. The van der Waals surface area contributed by atoms with Gasteiger partial charge in [-0.05, 0) is 35.9 Å². The first-order valence-corrected chi connectivity index (χ1v) is 7.15. The molecule has 0 heterocycles. The van der Waals surface area contributed by atoms with Crippen LogP contribution in [0.2, 0.25) is 5.02 Å². The first-order chi connectivity index (χ1) is 11.5. The summed E-state index contributed by atoms with van der Waals surface area (Å²) >= 11 is 5.89. The second-order valence-corrected chi connectivity index (χ2v) is 4.97. The number of methoxy groups -OCH3 is 1. The first kappa shape index (κ1) is 17.3. The molecule has 0 aliphatic rings. The van der Waals surface area contributed by atoms with Crippen molar-refractivity contribution in [3.8, 4) is 11.5 Å². The van der Waals surface area contributed by atoms with E-state index in [0.29, 0.717) is 16.3 Å². The number of phenols is 1. The summed E-state index contributed by atoms with van der Waals surface area (Å²) < 4.78 is 4.95. The topological polar surface area (TPSA) is 100 Å². The minimum atomic E-state index is -0.947. The van der Waals surface area contributed by atoms with Crippen LogP contribution < -0.4 is 15.5 Å². The number of ether oxygens (including phenoxy) is 1. The number of hydrogen-bond acceptors (Lipinski definition) is 5. The van der Waals surface area contributed by atoms with E-state index in [9.17, 15) is 14.7 Å². The van der Waals surface area contributed by atoms with E-state index in [2.05, 4.69) is 15.8 Å². The first-order valence-electron chi connectivity index (χ1n) is 6.77. The minimum absolute atomic E-state index is 0.0159. The zero-order valence-corrected chi connectivity index (χ0v) is 13.4. The monoisotopic (exact) mass is 347 g/mol. The number of halogens is 1.